The normalized spacial score (nSPS) is 13.3. The largest absolute Gasteiger partial charge is 0.468 e. The number of esters is 1. The summed E-state index contributed by atoms with van der Waals surface area (Å²) in [6.45, 7) is 4.92. The van der Waals surface area contributed by atoms with Crippen LogP contribution in [0.5, 0.6) is 0 Å². The molecule has 1 atom stereocenters. The SMILES string of the molecule is COC(=O)[C@H](COC(C)(C)C)NS(=O)(=O)c1ccccc1[N+](=O)[O-]. The van der Waals surface area contributed by atoms with E-state index in [2.05, 4.69) is 9.46 Å². The highest BCUT2D eigenvalue weighted by Gasteiger charge is 2.32. The van der Waals surface area contributed by atoms with Gasteiger partial charge in [0.25, 0.3) is 5.69 Å². The van der Waals surface area contributed by atoms with Gasteiger partial charge in [0, 0.05) is 6.07 Å². The lowest BCUT2D eigenvalue weighted by Gasteiger charge is -2.23. The third kappa shape index (κ3) is 5.55. The first kappa shape index (κ1) is 20.0. The van der Waals surface area contributed by atoms with Gasteiger partial charge in [-0.15, -0.1) is 0 Å². The molecule has 1 aromatic rings. The van der Waals surface area contributed by atoms with Crippen molar-refractivity contribution in [1.82, 2.24) is 4.72 Å². The van der Waals surface area contributed by atoms with Crippen molar-refractivity contribution in [3.63, 3.8) is 0 Å². The summed E-state index contributed by atoms with van der Waals surface area (Å²) < 4.78 is 36.9. The third-order valence-corrected chi connectivity index (χ3v) is 4.34. The highest BCUT2D eigenvalue weighted by atomic mass is 32.2. The van der Waals surface area contributed by atoms with Gasteiger partial charge in [-0.3, -0.25) is 14.9 Å². The average Bonchev–Trinajstić information content (AvgIpc) is 2.49. The van der Waals surface area contributed by atoms with Crippen molar-refractivity contribution >= 4 is 21.7 Å². The molecule has 0 saturated carbocycles. The van der Waals surface area contributed by atoms with Crippen LogP contribution in [-0.4, -0.2) is 44.7 Å². The van der Waals surface area contributed by atoms with Gasteiger partial charge in [0.05, 0.1) is 24.2 Å². The fraction of sp³-hybridized carbons (Fsp3) is 0.500. The molecule has 134 valence electrons. The Hall–Kier alpha value is -2.04. The monoisotopic (exact) mass is 360 g/mol. The highest BCUT2D eigenvalue weighted by molar-refractivity contribution is 7.89. The van der Waals surface area contributed by atoms with Crippen LogP contribution in [0.25, 0.3) is 0 Å². The maximum atomic E-state index is 12.4. The van der Waals surface area contributed by atoms with E-state index in [0.717, 1.165) is 19.2 Å². The van der Waals surface area contributed by atoms with Gasteiger partial charge < -0.3 is 9.47 Å². The second-order valence-corrected chi connectivity index (χ2v) is 7.53. The van der Waals surface area contributed by atoms with E-state index in [0.29, 0.717) is 0 Å². The van der Waals surface area contributed by atoms with Gasteiger partial charge in [-0.1, -0.05) is 12.1 Å². The van der Waals surface area contributed by atoms with Crippen LogP contribution < -0.4 is 4.72 Å². The van der Waals surface area contributed by atoms with Crippen LogP contribution in [0.2, 0.25) is 0 Å². The number of benzene rings is 1. The van der Waals surface area contributed by atoms with E-state index in [9.17, 15) is 23.3 Å². The molecular weight excluding hydrogens is 340 g/mol. The zero-order valence-electron chi connectivity index (χ0n) is 13.8. The fourth-order valence-corrected chi connectivity index (χ4v) is 3.05. The number of hydrogen-bond acceptors (Lipinski definition) is 7. The van der Waals surface area contributed by atoms with E-state index >= 15 is 0 Å². The number of sulfonamides is 1. The second kappa shape index (κ2) is 7.69. The molecule has 0 aromatic heterocycles. The molecule has 1 rings (SSSR count). The van der Waals surface area contributed by atoms with Gasteiger partial charge in [0.2, 0.25) is 10.0 Å². The van der Waals surface area contributed by atoms with Crippen molar-refractivity contribution in [3.05, 3.63) is 34.4 Å². The molecule has 0 bridgehead atoms. The molecule has 1 N–H and O–H groups in total. The molecule has 0 fully saturated rings. The topological polar surface area (TPSA) is 125 Å². The molecule has 0 aliphatic carbocycles. The summed E-state index contributed by atoms with van der Waals surface area (Å²) in [5, 5.41) is 11.0. The van der Waals surface area contributed by atoms with Crippen LogP contribution in [0.1, 0.15) is 20.8 Å². The molecule has 0 unspecified atom stereocenters. The molecule has 24 heavy (non-hydrogen) atoms. The van der Waals surface area contributed by atoms with E-state index in [-0.39, 0.29) is 6.61 Å². The number of para-hydroxylation sites is 1. The minimum Gasteiger partial charge on any atom is -0.468 e. The molecule has 0 radical (unpaired) electrons. The Morgan fingerprint density at radius 2 is 1.92 bits per heavy atom. The summed E-state index contributed by atoms with van der Waals surface area (Å²) in [6, 6.07) is 3.50. The van der Waals surface area contributed by atoms with E-state index in [1.807, 2.05) is 0 Å². The fourth-order valence-electron chi connectivity index (χ4n) is 1.71. The number of methoxy groups -OCH3 is 1. The molecule has 0 aliphatic heterocycles. The average molecular weight is 360 g/mol. The zero-order chi connectivity index (χ0) is 18.5. The van der Waals surface area contributed by atoms with E-state index in [1.54, 1.807) is 20.8 Å². The van der Waals surface area contributed by atoms with Crippen molar-refractivity contribution in [2.75, 3.05) is 13.7 Å². The van der Waals surface area contributed by atoms with Gasteiger partial charge in [-0.05, 0) is 26.8 Å². The molecular formula is C14H20N2O7S. The number of carbonyl (C=O) groups is 1. The van der Waals surface area contributed by atoms with Gasteiger partial charge in [0.15, 0.2) is 4.90 Å². The minimum atomic E-state index is -4.33. The summed E-state index contributed by atoms with van der Waals surface area (Å²) in [4.78, 5) is 21.4. The highest BCUT2D eigenvalue weighted by Crippen LogP contribution is 2.23. The van der Waals surface area contributed by atoms with Crippen LogP contribution in [-0.2, 0) is 24.3 Å². The van der Waals surface area contributed by atoms with Crippen molar-refractivity contribution in [3.8, 4) is 0 Å². The van der Waals surface area contributed by atoms with Crippen molar-refractivity contribution in [1.29, 1.82) is 0 Å². The lowest BCUT2D eigenvalue weighted by atomic mass is 10.2. The number of carbonyl (C=O) groups excluding carboxylic acids is 1. The number of rotatable bonds is 7. The Bertz CT molecular complexity index is 710. The Kier molecular flexibility index (Phi) is 6.41. The Labute approximate surface area is 140 Å². The molecule has 1 aromatic carbocycles. The Morgan fingerprint density at radius 3 is 2.42 bits per heavy atom. The first-order valence-electron chi connectivity index (χ1n) is 6.95. The minimum absolute atomic E-state index is 0.282. The first-order chi connectivity index (χ1) is 11.0. The number of nitrogens with zero attached hydrogens (tertiary/aromatic N) is 1. The number of hydrogen-bond donors (Lipinski definition) is 1. The Balaban J connectivity index is 3.12. The third-order valence-electron chi connectivity index (χ3n) is 2.82. The maximum Gasteiger partial charge on any atom is 0.326 e. The van der Waals surface area contributed by atoms with Crippen LogP contribution in [0.4, 0.5) is 5.69 Å². The van der Waals surface area contributed by atoms with Gasteiger partial charge in [-0.2, -0.15) is 4.72 Å². The first-order valence-corrected chi connectivity index (χ1v) is 8.44. The summed E-state index contributed by atoms with van der Waals surface area (Å²) in [6.07, 6.45) is 0. The molecule has 0 saturated heterocycles. The van der Waals surface area contributed by atoms with E-state index in [4.69, 9.17) is 4.74 Å². The van der Waals surface area contributed by atoms with E-state index in [1.165, 1.54) is 12.1 Å². The quantitative estimate of drug-likeness (QED) is 0.440. The van der Waals surface area contributed by atoms with Gasteiger partial charge >= 0.3 is 5.97 Å². The van der Waals surface area contributed by atoms with Crippen LogP contribution in [0.15, 0.2) is 29.2 Å². The van der Waals surface area contributed by atoms with Crippen molar-refractivity contribution in [2.24, 2.45) is 0 Å². The summed E-state index contributed by atoms with van der Waals surface area (Å²) in [7, 11) is -3.23. The lowest BCUT2D eigenvalue weighted by Crippen LogP contribution is -2.46. The predicted octanol–water partition coefficient (Wildman–Crippen LogP) is 1.23. The molecule has 9 nitrogen and oxygen atoms in total. The summed E-state index contributed by atoms with van der Waals surface area (Å²) >= 11 is 0. The van der Waals surface area contributed by atoms with Crippen LogP contribution in [0.3, 0.4) is 0 Å². The van der Waals surface area contributed by atoms with Crippen molar-refractivity contribution in [2.45, 2.75) is 37.3 Å². The number of nitro benzene ring substituents is 1. The van der Waals surface area contributed by atoms with Crippen LogP contribution >= 0.6 is 0 Å². The lowest BCUT2D eigenvalue weighted by molar-refractivity contribution is -0.387. The number of ether oxygens (including phenoxy) is 2. The molecule has 0 aliphatic rings. The Morgan fingerprint density at radius 1 is 1.33 bits per heavy atom. The second-order valence-electron chi connectivity index (χ2n) is 5.85. The van der Waals surface area contributed by atoms with Crippen molar-refractivity contribution < 1.29 is 27.6 Å². The zero-order valence-corrected chi connectivity index (χ0v) is 14.6. The summed E-state index contributed by atoms with van der Waals surface area (Å²) in [5.41, 5.74) is -1.21. The van der Waals surface area contributed by atoms with Crippen LogP contribution in [0, 0.1) is 10.1 Å². The predicted molar refractivity (Wildman–Crippen MR) is 84.9 cm³/mol. The number of nitro groups is 1. The van der Waals surface area contributed by atoms with E-state index < -0.39 is 43.1 Å². The van der Waals surface area contributed by atoms with Gasteiger partial charge in [-0.25, -0.2) is 8.42 Å². The molecule has 0 spiro atoms. The molecule has 0 amide bonds. The molecule has 10 heteroatoms. The summed E-state index contributed by atoms with van der Waals surface area (Å²) in [5.74, 6) is -0.860. The number of nitrogens with one attached hydrogen (secondary N) is 1. The smallest absolute Gasteiger partial charge is 0.326 e. The standard InChI is InChI=1S/C14H20N2O7S/c1-14(2,3)23-9-10(13(17)22-4)15-24(20,21)12-8-6-5-7-11(12)16(18)19/h5-8,10,15H,9H2,1-4H3/t10-/m0/s1. The van der Waals surface area contributed by atoms with Gasteiger partial charge in [0.1, 0.15) is 6.04 Å². The molecule has 0 heterocycles. The maximum absolute atomic E-state index is 12.4.